The third-order valence-electron chi connectivity index (χ3n) is 3.62. The van der Waals surface area contributed by atoms with Gasteiger partial charge in [0.25, 0.3) is 0 Å². The van der Waals surface area contributed by atoms with Gasteiger partial charge in [-0.2, -0.15) is 0 Å². The smallest absolute Gasteiger partial charge is 0.337 e. The van der Waals surface area contributed by atoms with E-state index in [-0.39, 0.29) is 6.61 Å². The Kier molecular flexibility index (Phi) is 5.75. The summed E-state index contributed by atoms with van der Waals surface area (Å²) >= 11 is 7.69. The van der Waals surface area contributed by atoms with Gasteiger partial charge in [0.1, 0.15) is 23.1 Å². The summed E-state index contributed by atoms with van der Waals surface area (Å²) in [4.78, 5) is 16.1. The number of para-hydroxylation sites is 1. The van der Waals surface area contributed by atoms with Crippen molar-refractivity contribution in [1.29, 1.82) is 0 Å². The van der Waals surface area contributed by atoms with Crippen molar-refractivity contribution in [3.05, 3.63) is 64.1 Å². The standard InChI is InChI=1S/C19H16ClNO4S/c1-23-16-6-4-3-5-14(16)18-21-13(11-26-18)10-25-17-8-7-12(9-15(17)20)19(22)24-2/h3-9,11H,10H2,1-2H3. The van der Waals surface area contributed by atoms with Crippen LogP contribution < -0.4 is 9.47 Å². The molecule has 3 rings (SSSR count). The first-order valence-electron chi connectivity index (χ1n) is 7.71. The number of carbonyl (C=O) groups excluding carboxylic acids is 1. The second-order valence-corrected chi connectivity index (χ2v) is 6.54. The molecule has 0 aliphatic heterocycles. The highest BCUT2D eigenvalue weighted by Crippen LogP contribution is 2.32. The molecule has 26 heavy (non-hydrogen) atoms. The predicted molar refractivity (Wildman–Crippen MR) is 101 cm³/mol. The number of methoxy groups -OCH3 is 2. The van der Waals surface area contributed by atoms with Gasteiger partial charge >= 0.3 is 5.97 Å². The summed E-state index contributed by atoms with van der Waals surface area (Å²) in [6.07, 6.45) is 0. The maximum atomic E-state index is 11.5. The fraction of sp³-hybridized carbons (Fsp3) is 0.158. The molecule has 2 aromatic carbocycles. The molecule has 0 amide bonds. The van der Waals surface area contributed by atoms with Crippen molar-refractivity contribution in [2.75, 3.05) is 14.2 Å². The molecular weight excluding hydrogens is 374 g/mol. The number of rotatable bonds is 6. The van der Waals surface area contributed by atoms with E-state index in [1.165, 1.54) is 24.5 Å². The first-order valence-corrected chi connectivity index (χ1v) is 8.96. The molecule has 0 aliphatic carbocycles. The average Bonchev–Trinajstić information content (AvgIpc) is 3.15. The Morgan fingerprint density at radius 2 is 1.96 bits per heavy atom. The zero-order valence-corrected chi connectivity index (χ0v) is 15.8. The van der Waals surface area contributed by atoms with Gasteiger partial charge in [-0.3, -0.25) is 0 Å². The minimum absolute atomic E-state index is 0.267. The third kappa shape index (κ3) is 3.98. The first kappa shape index (κ1) is 18.2. The van der Waals surface area contributed by atoms with Gasteiger partial charge in [-0.15, -0.1) is 11.3 Å². The van der Waals surface area contributed by atoms with Crippen molar-refractivity contribution in [2.24, 2.45) is 0 Å². The SMILES string of the molecule is COC(=O)c1ccc(OCc2csc(-c3ccccc3OC)n2)c(Cl)c1. The van der Waals surface area contributed by atoms with E-state index >= 15 is 0 Å². The number of nitrogens with zero attached hydrogens (tertiary/aromatic N) is 1. The van der Waals surface area contributed by atoms with Crippen LogP contribution in [0.15, 0.2) is 47.8 Å². The van der Waals surface area contributed by atoms with Gasteiger partial charge in [0.05, 0.1) is 36.1 Å². The monoisotopic (exact) mass is 389 g/mol. The van der Waals surface area contributed by atoms with Gasteiger partial charge in [0.2, 0.25) is 0 Å². The number of aromatic nitrogens is 1. The van der Waals surface area contributed by atoms with E-state index in [1.54, 1.807) is 19.2 Å². The van der Waals surface area contributed by atoms with Crippen molar-refractivity contribution in [3.8, 4) is 22.1 Å². The van der Waals surface area contributed by atoms with E-state index in [9.17, 15) is 4.79 Å². The van der Waals surface area contributed by atoms with Crippen LogP contribution in [0.3, 0.4) is 0 Å². The van der Waals surface area contributed by atoms with E-state index in [4.69, 9.17) is 21.1 Å². The fourth-order valence-corrected chi connectivity index (χ4v) is 3.40. The van der Waals surface area contributed by atoms with E-state index in [0.717, 1.165) is 22.0 Å². The highest BCUT2D eigenvalue weighted by Gasteiger charge is 2.12. The summed E-state index contributed by atoms with van der Waals surface area (Å²) in [6, 6.07) is 12.5. The molecule has 0 radical (unpaired) electrons. The van der Waals surface area contributed by atoms with Gasteiger partial charge in [-0.1, -0.05) is 23.7 Å². The van der Waals surface area contributed by atoms with Crippen molar-refractivity contribution >= 4 is 28.9 Å². The summed E-state index contributed by atoms with van der Waals surface area (Å²) in [5, 5.41) is 3.12. The molecule has 0 N–H and O–H groups in total. The number of esters is 1. The molecule has 0 unspecified atom stereocenters. The highest BCUT2D eigenvalue weighted by atomic mass is 35.5. The minimum Gasteiger partial charge on any atom is -0.496 e. The number of carbonyl (C=O) groups is 1. The molecule has 0 spiro atoms. The van der Waals surface area contributed by atoms with Crippen LogP contribution in [-0.2, 0) is 11.3 Å². The van der Waals surface area contributed by atoms with Crippen LogP contribution in [0, 0.1) is 0 Å². The molecule has 0 atom stereocenters. The summed E-state index contributed by atoms with van der Waals surface area (Å²) < 4.78 is 15.8. The Morgan fingerprint density at radius 1 is 1.15 bits per heavy atom. The number of benzene rings is 2. The topological polar surface area (TPSA) is 57.7 Å². The molecule has 0 bridgehead atoms. The number of thiazole rings is 1. The van der Waals surface area contributed by atoms with E-state index in [1.807, 2.05) is 29.6 Å². The summed E-state index contributed by atoms with van der Waals surface area (Å²) in [7, 11) is 2.96. The molecule has 0 fully saturated rings. The van der Waals surface area contributed by atoms with Crippen LogP contribution in [0.1, 0.15) is 16.1 Å². The van der Waals surface area contributed by atoms with Gasteiger partial charge in [0, 0.05) is 5.38 Å². The van der Waals surface area contributed by atoms with Crippen molar-refractivity contribution in [1.82, 2.24) is 4.98 Å². The van der Waals surface area contributed by atoms with Gasteiger partial charge in [0.15, 0.2) is 0 Å². The van der Waals surface area contributed by atoms with E-state index < -0.39 is 5.97 Å². The van der Waals surface area contributed by atoms with Crippen molar-refractivity contribution < 1.29 is 19.0 Å². The Labute approximate surface area is 160 Å². The molecular formula is C19H16ClNO4S. The average molecular weight is 390 g/mol. The van der Waals surface area contributed by atoms with Crippen LogP contribution in [0.25, 0.3) is 10.6 Å². The summed E-state index contributed by atoms with van der Waals surface area (Å²) in [6.45, 7) is 0.267. The van der Waals surface area contributed by atoms with E-state index in [2.05, 4.69) is 9.72 Å². The van der Waals surface area contributed by atoms with Gasteiger partial charge < -0.3 is 14.2 Å². The Hall–Kier alpha value is -2.57. The van der Waals surface area contributed by atoms with E-state index in [0.29, 0.717) is 16.3 Å². The van der Waals surface area contributed by atoms with Crippen LogP contribution in [0.2, 0.25) is 5.02 Å². The third-order valence-corrected chi connectivity index (χ3v) is 4.84. The Balaban J connectivity index is 1.71. The lowest BCUT2D eigenvalue weighted by molar-refractivity contribution is 0.0600. The molecule has 134 valence electrons. The molecule has 3 aromatic rings. The van der Waals surface area contributed by atoms with Crippen molar-refractivity contribution in [3.63, 3.8) is 0 Å². The van der Waals surface area contributed by atoms with Crippen LogP contribution in [-0.4, -0.2) is 25.2 Å². The minimum atomic E-state index is -0.445. The molecule has 0 saturated heterocycles. The second-order valence-electron chi connectivity index (χ2n) is 5.27. The normalized spacial score (nSPS) is 10.4. The number of hydrogen-bond donors (Lipinski definition) is 0. The predicted octanol–water partition coefficient (Wildman–Crippen LogP) is 4.84. The lowest BCUT2D eigenvalue weighted by Crippen LogP contribution is -2.02. The molecule has 5 nitrogen and oxygen atoms in total. The number of ether oxygens (including phenoxy) is 3. The zero-order valence-electron chi connectivity index (χ0n) is 14.2. The van der Waals surface area contributed by atoms with Crippen molar-refractivity contribution in [2.45, 2.75) is 6.61 Å². The Morgan fingerprint density at radius 3 is 2.69 bits per heavy atom. The Bertz CT molecular complexity index is 925. The lowest BCUT2D eigenvalue weighted by atomic mass is 10.2. The quantitative estimate of drug-likeness (QED) is 0.565. The molecule has 7 heteroatoms. The van der Waals surface area contributed by atoms with Crippen LogP contribution in [0.5, 0.6) is 11.5 Å². The second kappa shape index (κ2) is 8.21. The highest BCUT2D eigenvalue weighted by molar-refractivity contribution is 7.13. The molecule has 1 aromatic heterocycles. The molecule has 1 heterocycles. The lowest BCUT2D eigenvalue weighted by Gasteiger charge is -2.08. The van der Waals surface area contributed by atoms with Crippen LogP contribution >= 0.6 is 22.9 Å². The summed E-state index contributed by atoms with van der Waals surface area (Å²) in [5.41, 5.74) is 2.09. The number of halogens is 1. The summed E-state index contributed by atoms with van der Waals surface area (Å²) in [5.74, 6) is 0.807. The van der Waals surface area contributed by atoms with Crippen LogP contribution in [0.4, 0.5) is 0 Å². The first-order chi connectivity index (χ1) is 12.6. The van der Waals surface area contributed by atoms with Gasteiger partial charge in [-0.25, -0.2) is 9.78 Å². The maximum Gasteiger partial charge on any atom is 0.337 e. The largest absolute Gasteiger partial charge is 0.496 e. The van der Waals surface area contributed by atoms with Gasteiger partial charge in [-0.05, 0) is 30.3 Å². The zero-order chi connectivity index (χ0) is 18.5. The maximum absolute atomic E-state index is 11.5. The molecule has 0 saturated carbocycles. The number of hydrogen-bond acceptors (Lipinski definition) is 6. The fourth-order valence-electron chi connectivity index (χ4n) is 2.33. The molecule has 0 aliphatic rings.